The number of amides is 1. The van der Waals surface area contributed by atoms with Gasteiger partial charge in [-0.05, 0) is 30.5 Å². The van der Waals surface area contributed by atoms with Gasteiger partial charge in [-0.2, -0.15) is 0 Å². The van der Waals surface area contributed by atoms with Gasteiger partial charge in [-0.25, -0.2) is 13.1 Å². The molecule has 1 aliphatic heterocycles. The van der Waals surface area contributed by atoms with Crippen molar-refractivity contribution in [1.82, 2.24) is 9.62 Å². The molecule has 1 aliphatic rings. The van der Waals surface area contributed by atoms with E-state index in [-0.39, 0.29) is 35.4 Å². The first-order valence-corrected chi connectivity index (χ1v) is 9.85. The molecule has 1 amide bonds. The van der Waals surface area contributed by atoms with Crippen LogP contribution in [0, 0.1) is 11.3 Å². The molecule has 7 nitrogen and oxygen atoms in total. The molecule has 1 aromatic rings. The number of sulfonamides is 1. The zero-order chi connectivity index (χ0) is 19.5. The number of nitrogens with zero attached hydrogens (tertiary/aromatic N) is 1. The fraction of sp³-hybridized carbons (Fsp3) is 0.444. The average molecular weight is 380 g/mol. The van der Waals surface area contributed by atoms with Gasteiger partial charge in [0.1, 0.15) is 0 Å². The summed E-state index contributed by atoms with van der Waals surface area (Å²) in [4.78, 5) is 26.0. The van der Waals surface area contributed by atoms with Crippen molar-refractivity contribution in [2.75, 3.05) is 19.6 Å². The lowest BCUT2D eigenvalue weighted by Crippen LogP contribution is -2.40. The van der Waals surface area contributed by atoms with E-state index in [1.807, 2.05) is 13.8 Å². The van der Waals surface area contributed by atoms with Crippen LogP contribution in [0.4, 0.5) is 0 Å². The Morgan fingerprint density at radius 3 is 2.65 bits per heavy atom. The summed E-state index contributed by atoms with van der Waals surface area (Å²) in [6.07, 6.45) is 1.80. The predicted octanol–water partition coefficient (Wildman–Crippen LogP) is 1.72. The number of aliphatic carboxylic acids is 1. The number of hydrogen-bond donors (Lipinski definition) is 2. The smallest absolute Gasteiger partial charge is 0.311 e. The summed E-state index contributed by atoms with van der Waals surface area (Å²) in [6.45, 7) is 7.66. The first-order chi connectivity index (χ1) is 12.1. The highest BCUT2D eigenvalue weighted by molar-refractivity contribution is 7.89. The van der Waals surface area contributed by atoms with Crippen molar-refractivity contribution in [3.05, 3.63) is 42.5 Å². The van der Waals surface area contributed by atoms with Crippen LogP contribution in [0.5, 0.6) is 0 Å². The third kappa shape index (κ3) is 3.81. The Balaban J connectivity index is 2.25. The van der Waals surface area contributed by atoms with Gasteiger partial charge >= 0.3 is 5.97 Å². The molecule has 2 rings (SSSR count). The standard InChI is InChI=1S/C18H24N2O5S/c1-4-9-19-26(24,25)15-7-5-6-14(11-15)16(21)20-10-8-18(12-20,13(2)3)17(22)23/h4-7,11,13,19H,1,8-10,12H2,2-3H3,(H,22,23). The summed E-state index contributed by atoms with van der Waals surface area (Å²) in [5.74, 6) is -1.39. The molecule has 0 aromatic heterocycles. The molecule has 0 aliphatic carbocycles. The number of benzene rings is 1. The van der Waals surface area contributed by atoms with Gasteiger partial charge in [0.25, 0.3) is 5.91 Å². The molecule has 1 atom stereocenters. The summed E-state index contributed by atoms with van der Waals surface area (Å²) in [6, 6.07) is 5.75. The maximum Gasteiger partial charge on any atom is 0.311 e. The largest absolute Gasteiger partial charge is 0.481 e. The van der Waals surface area contributed by atoms with E-state index in [2.05, 4.69) is 11.3 Å². The second-order valence-corrected chi connectivity index (χ2v) is 8.53. The van der Waals surface area contributed by atoms with Crippen LogP contribution >= 0.6 is 0 Å². The van der Waals surface area contributed by atoms with E-state index in [9.17, 15) is 23.1 Å². The maximum absolute atomic E-state index is 12.8. The number of nitrogens with one attached hydrogen (secondary N) is 1. The van der Waals surface area contributed by atoms with Crippen molar-refractivity contribution < 1.29 is 23.1 Å². The summed E-state index contributed by atoms with van der Waals surface area (Å²) in [5.41, 5.74) is -0.748. The Morgan fingerprint density at radius 1 is 1.42 bits per heavy atom. The van der Waals surface area contributed by atoms with Gasteiger partial charge in [0.15, 0.2) is 0 Å². The third-order valence-electron chi connectivity index (χ3n) is 4.93. The van der Waals surface area contributed by atoms with Crippen LogP contribution < -0.4 is 4.72 Å². The molecule has 0 radical (unpaired) electrons. The van der Waals surface area contributed by atoms with Crippen molar-refractivity contribution >= 4 is 21.9 Å². The first kappa shape index (κ1) is 20.1. The van der Waals surface area contributed by atoms with Gasteiger partial charge in [0.2, 0.25) is 10.0 Å². The van der Waals surface area contributed by atoms with Gasteiger partial charge < -0.3 is 10.0 Å². The minimum absolute atomic E-state index is 0.0160. The monoisotopic (exact) mass is 380 g/mol. The number of carboxylic acids is 1. The maximum atomic E-state index is 12.8. The van der Waals surface area contributed by atoms with E-state index in [1.54, 1.807) is 0 Å². The van der Waals surface area contributed by atoms with Crippen molar-refractivity contribution in [2.24, 2.45) is 11.3 Å². The minimum atomic E-state index is -3.74. The molecule has 1 heterocycles. The molecule has 26 heavy (non-hydrogen) atoms. The molecule has 0 bridgehead atoms. The van der Waals surface area contributed by atoms with Crippen molar-refractivity contribution in [3.8, 4) is 0 Å². The molecule has 142 valence electrons. The molecule has 1 fully saturated rings. The quantitative estimate of drug-likeness (QED) is 0.701. The van der Waals surface area contributed by atoms with Gasteiger partial charge in [0.05, 0.1) is 10.3 Å². The highest BCUT2D eigenvalue weighted by atomic mass is 32.2. The number of hydrogen-bond acceptors (Lipinski definition) is 4. The van der Waals surface area contributed by atoms with E-state index in [4.69, 9.17) is 0 Å². The Hall–Kier alpha value is -2.19. The fourth-order valence-corrected chi connectivity index (χ4v) is 4.17. The number of rotatable bonds is 7. The lowest BCUT2D eigenvalue weighted by Gasteiger charge is -2.28. The SMILES string of the molecule is C=CCNS(=O)(=O)c1cccc(C(=O)N2CCC(C(=O)O)(C(C)C)C2)c1. The van der Waals surface area contributed by atoms with E-state index < -0.39 is 21.4 Å². The van der Waals surface area contributed by atoms with Gasteiger partial charge in [-0.3, -0.25) is 9.59 Å². The second kappa shape index (κ2) is 7.59. The summed E-state index contributed by atoms with van der Waals surface area (Å²) < 4.78 is 26.8. The fourth-order valence-electron chi connectivity index (χ4n) is 3.13. The third-order valence-corrected chi connectivity index (χ3v) is 6.35. The Kier molecular flexibility index (Phi) is 5.87. The Labute approximate surface area is 153 Å². The molecule has 0 spiro atoms. The lowest BCUT2D eigenvalue weighted by molar-refractivity contribution is -0.150. The van der Waals surface area contributed by atoms with Crippen LogP contribution in [0.1, 0.15) is 30.6 Å². The summed E-state index contributed by atoms with van der Waals surface area (Å²) in [5, 5.41) is 9.60. The predicted molar refractivity (Wildman–Crippen MR) is 97.3 cm³/mol. The molecule has 1 unspecified atom stereocenters. The normalized spacial score (nSPS) is 20.3. The van der Waals surface area contributed by atoms with E-state index in [0.717, 1.165) is 0 Å². The van der Waals surface area contributed by atoms with Crippen molar-refractivity contribution in [1.29, 1.82) is 0 Å². The van der Waals surface area contributed by atoms with Gasteiger partial charge in [-0.15, -0.1) is 6.58 Å². The Morgan fingerprint density at radius 2 is 2.12 bits per heavy atom. The van der Waals surface area contributed by atoms with Crippen LogP contribution in [0.25, 0.3) is 0 Å². The summed E-state index contributed by atoms with van der Waals surface area (Å²) in [7, 11) is -3.74. The molecule has 1 aromatic carbocycles. The zero-order valence-electron chi connectivity index (χ0n) is 14.9. The molecular weight excluding hydrogens is 356 g/mol. The molecular formula is C18H24N2O5S. The zero-order valence-corrected chi connectivity index (χ0v) is 15.8. The number of carbonyl (C=O) groups is 2. The number of likely N-dealkylation sites (tertiary alicyclic amines) is 1. The highest BCUT2D eigenvalue weighted by Crippen LogP contribution is 2.38. The highest BCUT2D eigenvalue weighted by Gasteiger charge is 2.48. The van der Waals surface area contributed by atoms with Crippen molar-refractivity contribution in [2.45, 2.75) is 25.2 Å². The lowest BCUT2D eigenvalue weighted by atomic mass is 9.76. The molecule has 2 N–H and O–H groups in total. The number of carboxylic acid groups (broad SMARTS) is 1. The van der Waals surface area contributed by atoms with Gasteiger partial charge in [-0.1, -0.05) is 26.0 Å². The second-order valence-electron chi connectivity index (χ2n) is 6.76. The van der Waals surface area contributed by atoms with Gasteiger partial charge in [0, 0.05) is 25.2 Å². The minimum Gasteiger partial charge on any atom is -0.481 e. The van der Waals surface area contributed by atoms with Crippen LogP contribution in [0.15, 0.2) is 41.8 Å². The van der Waals surface area contributed by atoms with E-state index in [0.29, 0.717) is 13.0 Å². The van der Waals surface area contributed by atoms with Crippen LogP contribution in [0.2, 0.25) is 0 Å². The van der Waals surface area contributed by atoms with Crippen LogP contribution in [-0.2, 0) is 14.8 Å². The topological polar surface area (TPSA) is 104 Å². The molecule has 0 saturated carbocycles. The van der Waals surface area contributed by atoms with Crippen molar-refractivity contribution in [3.63, 3.8) is 0 Å². The molecule has 8 heteroatoms. The van der Waals surface area contributed by atoms with E-state index >= 15 is 0 Å². The van der Waals surface area contributed by atoms with Crippen LogP contribution in [0.3, 0.4) is 0 Å². The number of carbonyl (C=O) groups excluding carboxylic acids is 1. The molecule has 1 saturated heterocycles. The summed E-state index contributed by atoms with van der Waals surface area (Å²) >= 11 is 0. The van der Waals surface area contributed by atoms with Crippen LogP contribution in [-0.4, -0.2) is 49.9 Å². The first-order valence-electron chi connectivity index (χ1n) is 8.37. The van der Waals surface area contributed by atoms with E-state index in [1.165, 1.54) is 35.2 Å². The average Bonchev–Trinajstić information content (AvgIpc) is 3.06. The Bertz CT molecular complexity index is 819.